The summed E-state index contributed by atoms with van der Waals surface area (Å²) >= 11 is 0. The Bertz CT molecular complexity index is 508. The van der Waals surface area contributed by atoms with E-state index in [4.69, 9.17) is 28.4 Å². The van der Waals surface area contributed by atoms with Crippen molar-refractivity contribution in [1.29, 1.82) is 0 Å². The van der Waals surface area contributed by atoms with Crippen LogP contribution in [0.15, 0.2) is 12.1 Å². The van der Waals surface area contributed by atoms with Crippen LogP contribution in [0.1, 0.15) is 56.8 Å². The molecule has 7 heteroatoms. The second-order valence-electron chi connectivity index (χ2n) is 7.34. The Morgan fingerprint density at radius 1 is 0.667 bits per heavy atom. The van der Waals surface area contributed by atoms with Crippen LogP contribution in [0.3, 0.4) is 0 Å². The van der Waals surface area contributed by atoms with Crippen molar-refractivity contribution in [3.8, 4) is 5.75 Å². The second-order valence-corrected chi connectivity index (χ2v) is 7.34. The zero-order chi connectivity index (χ0) is 21.1. The lowest BCUT2D eigenvalue weighted by molar-refractivity contribution is -0.0152. The van der Waals surface area contributed by atoms with Crippen molar-refractivity contribution in [2.45, 2.75) is 58.7 Å². The highest BCUT2D eigenvalue weighted by atomic mass is 16.6. The maximum absolute atomic E-state index is 5.99. The maximum atomic E-state index is 5.99. The zero-order valence-electron chi connectivity index (χ0n) is 18.6. The van der Waals surface area contributed by atoms with Gasteiger partial charge in [0, 0.05) is 12.1 Å². The van der Waals surface area contributed by atoms with Crippen molar-refractivity contribution in [3.63, 3.8) is 0 Å². The molecule has 2 bridgehead atoms. The van der Waals surface area contributed by atoms with E-state index >= 15 is 0 Å². The lowest BCUT2D eigenvalue weighted by Gasteiger charge is -2.12. The Morgan fingerprint density at radius 2 is 1.13 bits per heavy atom. The van der Waals surface area contributed by atoms with Crippen molar-refractivity contribution in [1.82, 2.24) is 4.98 Å². The summed E-state index contributed by atoms with van der Waals surface area (Å²) in [6.45, 7) is 8.11. The number of rotatable bonds is 8. The summed E-state index contributed by atoms with van der Waals surface area (Å²) in [6, 6.07) is 3.91. The van der Waals surface area contributed by atoms with Gasteiger partial charge in [0.15, 0.2) is 0 Å². The van der Waals surface area contributed by atoms with Crippen LogP contribution in [0.2, 0.25) is 0 Å². The Hall–Kier alpha value is -1.25. The smallest absolute Gasteiger partial charge is 0.123 e. The van der Waals surface area contributed by atoms with Gasteiger partial charge in [0.2, 0.25) is 0 Å². The molecule has 0 saturated carbocycles. The molecule has 1 aliphatic heterocycles. The molecule has 7 nitrogen and oxygen atoms in total. The summed E-state index contributed by atoms with van der Waals surface area (Å²) < 4.78 is 33.8. The number of pyridine rings is 1. The summed E-state index contributed by atoms with van der Waals surface area (Å²) in [5, 5.41) is 0. The molecule has 2 heterocycles. The van der Waals surface area contributed by atoms with Gasteiger partial charge in [0.05, 0.1) is 84.1 Å². The van der Waals surface area contributed by atoms with Gasteiger partial charge in [-0.25, -0.2) is 0 Å². The molecule has 2 rings (SSSR count). The molecule has 0 fully saturated rings. The van der Waals surface area contributed by atoms with Gasteiger partial charge in [-0.1, -0.05) is 39.0 Å². The second kappa shape index (κ2) is 17.4. The maximum Gasteiger partial charge on any atom is 0.123 e. The average molecular weight is 426 g/mol. The monoisotopic (exact) mass is 425 g/mol. The SMILES string of the molecule is CCCCCCCCOc1cc2nc(c1)COCCOCCOCCOCCOC2. The predicted molar refractivity (Wildman–Crippen MR) is 115 cm³/mol. The first-order valence-electron chi connectivity index (χ1n) is 11.4. The molecule has 172 valence electrons. The van der Waals surface area contributed by atoms with Crippen LogP contribution in [0.5, 0.6) is 5.75 Å². The van der Waals surface area contributed by atoms with Gasteiger partial charge in [-0.3, -0.25) is 4.98 Å². The van der Waals surface area contributed by atoms with Gasteiger partial charge >= 0.3 is 0 Å². The van der Waals surface area contributed by atoms with Gasteiger partial charge in [0.1, 0.15) is 5.75 Å². The highest BCUT2D eigenvalue weighted by Crippen LogP contribution is 2.17. The lowest BCUT2D eigenvalue weighted by Crippen LogP contribution is -2.14. The van der Waals surface area contributed by atoms with E-state index in [2.05, 4.69) is 11.9 Å². The van der Waals surface area contributed by atoms with Crippen molar-refractivity contribution < 1.29 is 28.4 Å². The Kier molecular flexibility index (Phi) is 14.5. The molecule has 0 unspecified atom stereocenters. The Labute approximate surface area is 181 Å². The number of nitrogens with zero attached hydrogens (tertiary/aromatic N) is 1. The first kappa shape index (κ1) is 25.0. The standard InChI is InChI=1S/C23H39NO6/c1-2-3-4-5-6-7-8-30-23-17-21-19-28-15-13-26-11-9-25-10-12-27-14-16-29-20-22(18-23)24-21/h17-18H,2-16,19-20H2,1H3. The molecule has 0 N–H and O–H groups in total. The molecule has 1 aromatic rings. The largest absolute Gasteiger partial charge is 0.493 e. The minimum Gasteiger partial charge on any atom is -0.493 e. The highest BCUT2D eigenvalue weighted by molar-refractivity contribution is 5.27. The Morgan fingerprint density at radius 3 is 1.67 bits per heavy atom. The van der Waals surface area contributed by atoms with E-state index in [1.54, 1.807) is 0 Å². The molecular formula is C23H39NO6. The highest BCUT2D eigenvalue weighted by Gasteiger charge is 2.06. The Balaban J connectivity index is 1.82. The van der Waals surface area contributed by atoms with E-state index in [0.717, 1.165) is 30.2 Å². The van der Waals surface area contributed by atoms with Crippen molar-refractivity contribution in [2.24, 2.45) is 0 Å². The zero-order valence-corrected chi connectivity index (χ0v) is 18.6. The van der Waals surface area contributed by atoms with Crippen molar-refractivity contribution >= 4 is 0 Å². The van der Waals surface area contributed by atoms with Gasteiger partial charge in [-0.2, -0.15) is 0 Å². The van der Waals surface area contributed by atoms with E-state index < -0.39 is 0 Å². The van der Waals surface area contributed by atoms with Gasteiger partial charge in [0.25, 0.3) is 0 Å². The first-order valence-corrected chi connectivity index (χ1v) is 11.4. The summed E-state index contributed by atoms with van der Waals surface area (Å²) in [7, 11) is 0. The fourth-order valence-corrected chi connectivity index (χ4v) is 3.05. The normalized spacial score (nSPS) is 17.8. The summed E-state index contributed by atoms with van der Waals surface area (Å²) in [6.07, 6.45) is 7.47. The lowest BCUT2D eigenvalue weighted by atomic mass is 10.1. The van der Waals surface area contributed by atoms with Crippen LogP contribution in [0.4, 0.5) is 0 Å². The minimum absolute atomic E-state index is 0.421. The van der Waals surface area contributed by atoms with Crippen LogP contribution >= 0.6 is 0 Å². The predicted octanol–water partition coefficient (Wildman–Crippen LogP) is 3.92. The fourth-order valence-electron chi connectivity index (χ4n) is 3.05. The third kappa shape index (κ3) is 12.4. The quantitative estimate of drug-likeness (QED) is 0.585. The molecule has 0 atom stereocenters. The van der Waals surface area contributed by atoms with Crippen LogP contribution < -0.4 is 4.74 Å². The van der Waals surface area contributed by atoms with E-state index in [-0.39, 0.29) is 0 Å². The first-order chi connectivity index (χ1) is 14.9. The average Bonchev–Trinajstić information content (AvgIpc) is 2.75. The molecular weight excluding hydrogens is 386 g/mol. The van der Waals surface area contributed by atoms with Crippen LogP contribution in [-0.4, -0.2) is 64.4 Å². The third-order valence-electron chi connectivity index (χ3n) is 4.66. The van der Waals surface area contributed by atoms with E-state index in [0.29, 0.717) is 66.1 Å². The van der Waals surface area contributed by atoms with Crippen molar-refractivity contribution in [3.05, 3.63) is 23.5 Å². The molecule has 0 saturated heterocycles. The number of aromatic nitrogens is 1. The van der Waals surface area contributed by atoms with Crippen LogP contribution in [-0.2, 0) is 36.9 Å². The molecule has 1 aromatic heterocycles. The molecule has 0 spiro atoms. The van der Waals surface area contributed by atoms with Gasteiger partial charge in [-0.05, 0) is 6.42 Å². The van der Waals surface area contributed by atoms with Crippen LogP contribution in [0.25, 0.3) is 0 Å². The topological polar surface area (TPSA) is 68.3 Å². The summed E-state index contributed by atoms with van der Waals surface area (Å²) in [5.74, 6) is 0.829. The van der Waals surface area contributed by atoms with E-state index in [9.17, 15) is 0 Å². The molecule has 0 aromatic carbocycles. The minimum atomic E-state index is 0.421. The number of ether oxygens (including phenoxy) is 6. The summed E-state index contributed by atoms with van der Waals surface area (Å²) in [5.41, 5.74) is 1.68. The van der Waals surface area contributed by atoms with E-state index in [1.807, 2.05) is 12.1 Å². The van der Waals surface area contributed by atoms with Gasteiger partial charge in [-0.15, -0.1) is 0 Å². The van der Waals surface area contributed by atoms with Gasteiger partial charge < -0.3 is 28.4 Å². The molecule has 30 heavy (non-hydrogen) atoms. The van der Waals surface area contributed by atoms with E-state index in [1.165, 1.54) is 32.1 Å². The number of fused-ring (bicyclic) bond motifs is 2. The molecule has 0 amide bonds. The number of hydrogen-bond acceptors (Lipinski definition) is 7. The number of hydrogen-bond donors (Lipinski definition) is 0. The van der Waals surface area contributed by atoms with Crippen molar-refractivity contribution in [2.75, 3.05) is 59.5 Å². The van der Waals surface area contributed by atoms with Crippen LogP contribution in [0, 0.1) is 0 Å². The molecule has 0 radical (unpaired) electrons. The summed E-state index contributed by atoms with van der Waals surface area (Å²) in [4.78, 5) is 4.64. The third-order valence-corrected chi connectivity index (χ3v) is 4.66. The number of unbranched alkanes of at least 4 members (excludes halogenated alkanes) is 5. The molecule has 1 aliphatic rings. The fraction of sp³-hybridized carbons (Fsp3) is 0.783. The molecule has 0 aliphatic carbocycles.